The fourth-order valence-electron chi connectivity index (χ4n) is 2.07. The Morgan fingerprint density at radius 2 is 1.94 bits per heavy atom. The van der Waals surface area contributed by atoms with E-state index in [1.807, 2.05) is 12.1 Å². The van der Waals surface area contributed by atoms with Gasteiger partial charge in [0.2, 0.25) is 5.56 Å². The normalized spacial score (nSPS) is 11.1. The third kappa shape index (κ3) is 1.38. The Bertz CT molecular complexity index is 843. The maximum atomic E-state index is 11.8. The fourth-order valence-corrected chi connectivity index (χ4v) is 2.07. The molecule has 0 radical (unpaired) electrons. The summed E-state index contributed by atoms with van der Waals surface area (Å²) in [5.74, 6) is 0. The molecule has 0 unspecified atom stereocenters. The van der Waals surface area contributed by atoms with Crippen LogP contribution >= 0.6 is 0 Å². The van der Waals surface area contributed by atoms with Crippen LogP contribution in [0.4, 0.5) is 0 Å². The van der Waals surface area contributed by atoms with Gasteiger partial charge in [-0.3, -0.25) is 4.79 Å². The van der Waals surface area contributed by atoms with E-state index in [1.54, 1.807) is 19.1 Å². The Morgan fingerprint density at radius 3 is 2.76 bits per heavy atom. The molecule has 0 aliphatic carbocycles. The average molecular weight is 227 g/mol. The predicted octanol–water partition coefficient (Wildman–Crippen LogP) is 1.94. The lowest BCUT2D eigenvalue weighted by Gasteiger charge is -2.03. The number of aryl methyl sites for hydroxylation is 1. The van der Waals surface area contributed by atoms with Crippen LogP contribution in [0.3, 0.4) is 0 Å². The van der Waals surface area contributed by atoms with Gasteiger partial charge in [-0.25, -0.2) is 4.79 Å². The van der Waals surface area contributed by atoms with Gasteiger partial charge in [-0.15, -0.1) is 0 Å². The van der Waals surface area contributed by atoms with Crippen molar-refractivity contribution in [3.05, 3.63) is 56.7 Å². The summed E-state index contributed by atoms with van der Waals surface area (Å²) in [6.07, 6.45) is 0. The van der Waals surface area contributed by atoms with Crippen LogP contribution in [0.15, 0.2) is 44.3 Å². The van der Waals surface area contributed by atoms with E-state index in [0.29, 0.717) is 22.0 Å². The Hall–Kier alpha value is -2.36. The third-order valence-electron chi connectivity index (χ3n) is 2.80. The molecule has 3 rings (SSSR count). The molecule has 1 N–H and O–H groups in total. The lowest BCUT2D eigenvalue weighted by molar-refractivity contribution is 0.569. The Labute approximate surface area is 95.5 Å². The van der Waals surface area contributed by atoms with E-state index < -0.39 is 5.63 Å². The van der Waals surface area contributed by atoms with E-state index >= 15 is 0 Å². The van der Waals surface area contributed by atoms with Crippen LogP contribution in [-0.2, 0) is 0 Å². The first-order valence-corrected chi connectivity index (χ1v) is 5.22. The van der Waals surface area contributed by atoms with Crippen LogP contribution in [0.2, 0.25) is 0 Å². The van der Waals surface area contributed by atoms with Crippen LogP contribution in [-0.4, -0.2) is 4.98 Å². The second-order valence-electron chi connectivity index (χ2n) is 3.95. The molecule has 0 saturated carbocycles. The van der Waals surface area contributed by atoms with Crippen molar-refractivity contribution in [1.29, 1.82) is 0 Å². The number of fused-ring (bicyclic) bond motifs is 3. The number of aromatic amines is 1. The van der Waals surface area contributed by atoms with Gasteiger partial charge in [0.05, 0.1) is 10.9 Å². The van der Waals surface area contributed by atoms with Gasteiger partial charge < -0.3 is 9.40 Å². The lowest BCUT2D eigenvalue weighted by Crippen LogP contribution is -2.11. The molecular weight excluding hydrogens is 218 g/mol. The number of hydrogen-bond acceptors (Lipinski definition) is 3. The maximum absolute atomic E-state index is 11.8. The molecule has 4 nitrogen and oxygen atoms in total. The highest BCUT2D eigenvalue weighted by Gasteiger charge is 2.10. The highest BCUT2D eigenvalue weighted by molar-refractivity contribution is 6.02. The second kappa shape index (κ2) is 3.31. The van der Waals surface area contributed by atoms with Crippen molar-refractivity contribution in [3.8, 4) is 0 Å². The van der Waals surface area contributed by atoms with Crippen LogP contribution in [0.1, 0.15) is 5.56 Å². The van der Waals surface area contributed by atoms with Gasteiger partial charge in [0.1, 0.15) is 5.58 Å². The number of nitrogens with one attached hydrogen (secondary N) is 1. The van der Waals surface area contributed by atoms with E-state index in [0.717, 1.165) is 5.39 Å². The number of rotatable bonds is 0. The van der Waals surface area contributed by atoms with E-state index in [9.17, 15) is 9.59 Å². The average Bonchev–Trinajstić information content (AvgIpc) is 2.28. The fraction of sp³-hybridized carbons (Fsp3) is 0.0769. The van der Waals surface area contributed by atoms with Crippen LogP contribution in [0.25, 0.3) is 21.9 Å². The van der Waals surface area contributed by atoms with Gasteiger partial charge in [0.25, 0.3) is 0 Å². The Morgan fingerprint density at radius 1 is 1.18 bits per heavy atom. The summed E-state index contributed by atoms with van der Waals surface area (Å²) in [6, 6.07) is 8.54. The predicted molar refractivity (Wildman–Crippen MR) is 65.3 cm³/mol. The summed E-state index contributed by atoms with van der Waals surface area (Å²) in [4.78, 5) is 26.0. The molecule has 0 atom stereocenters. The van der Waals surface area contributed by atoms with Gasteiger partial charge in [0, 0.05) is 11.5 Å². The number of H-pyrrole nitrogens is 1. The molecule has 2 aromatic heterocycles. The van der Waals surface area contributed by atoms with E-state index in [4.69, 9.17) is 4.42 Å². The smallest absolute Gasteiger partial charge is 0.345 e. The SMILES string of the molecule is Cc1cc(=O)[nH]c2c1c(=O)oc1ccccc12. The molecule has 0 fully saturated rings. The van der Waals surface area contributed by atoms with E-state index in [-0.39, 0.29) is 5.56 Å². The van der Waals surface area contributed by atoms with E-state index in [2.05, 4.69) is 4.98 Å². The summed E-state index contributed by atoms with van der Waals surface area (Å²) < 4.78 is 5.22. The number of pyridine rings is 1. The first-order chi connectivity index (χ1) is 8.16. The molecule has 0 amide bonds. The third-order valence-corrected chi connectivity index (χ3v) is 2.80. The maximum Gasteiger partial charge on any atom is 0.345 e. The van der Waals surface area contributed by atoms with Crippen molar-refractivity contribution in [2.24, 2.45) is 0 Å². The summed E-state index contributed by atoms with van der Waals surface area (Å²) in [6.45, 7) is 1.73. The molecule has 0 aliphatic heterocycles. The summed E-state index contributed by atoms with van der Waals surface area (Å²) >= 11 is 0. The minimum atomic E-state index is -0.424. The molecule has 2 heterocycles. The molecule has 0 bridgehead atoms. The monoisotopic (exact) mass is 227 g/mol. The molecule has 4 heteroatoms. The standard InChI is InChI=1S/C13H9NO3/c1-7-6-10(15)14-12-8-4-2-3-5-9(8)17-13(16)11(7)12/h2-6H,1H3,(H,14,15). The molecule has 17 heavy (non-hydrogen) atoms. The molecule has 0 saturated heterocycles. The Kier molecular flexibility index (Phi) is 1.92. The summed E-state index contributed by atoms with van der Waals surface area (Å²) in [5, 5.41) is 1.17. The zero-order chi connectivity index (χ0) is 12.0. The number of benzene rings is 1. The first kappa shape index (κ1) is 9.84. The van der Waals surface area contributed by atoms with Gasteiger partial charge in [-0.05, 0) is 24.6 Å². The minimum absolute atomic E-state index is 0.217. The van der Waals surface area contributed by atoms with Crippen molar-refractivity contribution >= 4 is 21.9 Å². The van der Waals surface area contributed by atoms with Crippen molar-refractivity contribution in [2.45, 2.75) is 6.92 Å². The van der Waals surface area contributed by atoms with Crippen LogP contribution in [0, 0.1) is 6.92 Å². The van der Waals surface area contributed by atoms with E-state index in [1.165, 1.54) is 6.07 Å². The highest BCUT2D eigenvalue weighted by Crippen LogP contribution is 2.21. The van der Waals surface area contributed by atoms with Crippen molar-refractivity contribution in [2.75, 3.05) is 0 Å². The molecular formula is C13H9NO3. The quantitative estimate of drug-likeness (QED) is 0.471. The Balaban J connectivity index is 2.75. The minimum Gasteiger partial charge on any atom is -0.422 e. The number of hydrogen-bond donors (Lipinski definition) is 1. The number of aromatic nitrogens is 1. The lowest BCUT2D eigenvalue weighted by atomic mass is 10.1. The highest BCUT2D eigenvalue weighted by atomic mass is 16.4. The van der Waals surface area contributed by atoms with Crippen LogP contribution in [0.5, 0.6) is 0 Å². The van der Waals surface area contributed by atoms with Gasteiger partial charge in [-0.2, -0.15) is 0 Å². The second-order valence-corrected chi connectivity index (χ2v) is 3.95. The molecule has 1 aromatic carbocycles. The number of para-hydroxylation sites is 1. The van der Waals surface area contributed by atoms with Crippen molar-refractivity contribution in [1.82, 2.24) is 4.98 Å². The largest absolute Gasteiger partial charge is 0.422 e. The van der Waals surface area contributed by atoms with Crippen molar-refractivity contribution < 1.29 is 4.42 Å². The molecule has 84 valence electrons. The molecule has 0 spiro atoms. The van der Waals surface area contributed by atoms with Crippen LogP contribution < -0.4 is 11.2 Å². The zero-order valence-corrected chi connectivity index (χ0v) is 9.11. The zero-order valence-electron chi connectivity index (χ0n) is 9.11. The molecule has 3 aromatic rings. The van der Waals surface area contributed by atoms with Crippen molar-refractivity contribution in [3.63, 3.8) is 0 Å². The van der Waals surface area contributed by atoms with Gasteiger partial charge in [-0.1, -0.05) is 12.1 Å². The topological polar surface area (TPSA) is 63.1 Å². The summed E-state index contributed by atoms with van der Waals surface area (Å²) in [5.41, 5.74) is 1.01. The van der Waals surface area contributed by atoms with Gasteiger partial charge >= 0.3 is 5.63 Å². The van der Waals surface area contributed by atoms with Gasteiger partial charge in [0.15, 0.2) is 0 Å². The molecule has 0 aliphatic rings. The summed E-state index contributed by atoms with van der Waals surface area (Å²) in [7, 11) is 0. The first-order valence-electron chi connectivity index (χ1n) is 5.22.